The predicted molar refractivity (Wildman–Crippen MR) is 72.6 cm³/mol. The van der Waals surface area contributed by atoms with Crippen molar-refractivity contribution in [2.24, 2.45) is 0 Å². The molecular weight excluding hydrogens is 251 g/mol. The second-order valence-electron chi connectivity index (χ2n) is 5.24. The van der Waals surface area contributed by atoms with Crippen LogP contribution >= 0.6 is 11.6 Å². The minimum absolute atomic E-state index is 0.253. The molecule has 2 unspecified atom stereocenters. The smallest absolute Gasteiger partial charge is 0.147 e. The van der Waals surface area contributed by atoms with Gasteiger partial charge in [-0.15, -0.1) is 0 Å². The monoisotopic (exact) mass is 268 g/mol. The van der Waals surface area contributed by atoms with Gasteiger partial charge in [0.2, 0.25) is 0 Å². The Hall–Kier alpha value is -0.800. The van der Waals surface area contributed by atoms with E-state index < -0.39 is 0 Å². The molecular formula is C14H18ClFN2. The summed E-state index contributed by atoms with van der Waals surface area (Å²) in [5, 5.41) is 3.80. The Kier molecular flexibility index (Phi) is 3.44. The maximum absolute atomic E-state index is 13.8. The molecule has 0 saturated carbocycles. The van der Waals surface area contributed by atoms with Crippen molar-refractivity contribution in [3.63, 3.8) is 0 Å². The van der Waals surface area contributed by atoms with Crippen LogP contribution in [0.5, 0.6) is 0 Å². The number of fused-ring (bicyclic) bond motifs is 1. The Bertz CT molecular complexity index is 418. The molecule has 3 rings (SSSR count). The van der Waals surface area contributed by atoms with Gasteiger partial charge in [0, 0.05) is 18.6 Å². The number of anilines is 1. The van der Waals surface area contributed by atoms with Gasteiger partial charge in [0.1, 0.15) is 5.82 Å². The van der Waals surface area contributed by atoms with Crippen LogP contribution in [0.3, 0.4) is 0 Å². The summed E-state index contributed by atoms with van der Waals surface area (Å²) >= 11 is 6.07. The lowest BCUT2D eigenvalue weighted by Crippen LogP contribution is -2.41. The van der Waals surface area contributed by atoms with Crippen LogP contribution in [0.15, 0.2) is 18.2 Å². The SMILES string of the molecule is Fc1cccc(Cl)c1NC1CCN2CCCCC12. The molecule has 2 nitrogen and oxygen atoms in total. The van der Waals surface area contributed by atoms with Crippen LogP contribution in [0.4, 0.5) is 10.1 Å². The third-order valence-electron chi connectivity index (χ3n) is 4.15. The summed E-state index contributed by atoms with van der Waals surface area (Å²) in [6, 6.07) is 5.72. The number of nitrogens with zero attached hydrogens (tertiary/aromatic N) is 1. The normalized spacial score (nSPS) is 28.1. The van der Waals surface area contributed by atoms with Crippen LogP contribution in [-0.4, -0.2) is 30.1 Å². The Morgan fingerprint density at radius 3 is 2.94 bits per heavy atom. The fourth-order valence-corrected chi connectivity index (χ4v) is 3.45. The Labute approximate surface area is 112 Å². The van der Waals surface area contributed by atoms with Gasteiger partial charge in [0.05, 0.1) is 10.7 Å². The molecule has 0 bridgehead atoms. The number of rotatable bonds is 2. The van der Waals surface area contributed by atoms with Crippen molar-refractivity contribution in [3.8, 4) is 0 Å². The number of piperidine rings is 1. The summed E-state index contributed by atoms with van der Waals surface area (Å²) in [6.45, 7) is 2.31. The molecule has 1 N–H and O–H groups in total. The summed E-state index contributed by atoms with van der Waals surface area (Å²) in [5.41, 5.74) is 0.469. The highest BCUT2D eigenvalue weighted by Crippen LogP contribution is 2.32. The van der Waals surface area contributed by atoms with Gasteiger partial charge in [-0.05, 0) is 37.9 Å². The maximum atomic E-state index is 13.8. The number of benzene rings is 1. The fourth-order valence-electron chi connectivity index (χ4n) is 3.24. The predicted octanol–water partition coefficient (Wildman–Crippen LogP) is 3.52. The van der Waals surface area contributed by atoms with Gasteiger partial charge >= 0.3 is 0 Å². The minimum Gasteiger partial charge on any atom is -0.377 e. The third-order valence-corrected chi connectivity index (χ3v) is 4.46. The van der Waals surface area contributed by atoms with Gasteiger partial charge in [0.15, 0.2) is 0 Å². The van der Waals surface area contributed by atoms with Crippen LogP contribution < -0.4 is 5.32 Å². The van der Waals surface area contributed by atoms with Gasteiger partial charge in [-0.3, -0.25) is 4.90 Å². The Balaban J connectivity index is 1.76. The number of halogens is 2. The van der Waals surface area contributed by atoms with E-state index in [4.69, 9.17) is 11.6 Å². The average Bonchev–Trinajstić information content (AvgIpc) is 2.77. The highest BCUT2D eigenvalue weighted by molar-refractivity contribution is 6.33. The first-order valence-corrected chi connectivity index (χ1v) is 7.08. The summed E-state index contributed by atoms with van der Waals surface area (Å²) in [5.74, 6) is -0.253. The van der Waals surface area contributed by atoms with E-state index in [1.54, 1.807) is 12.1 Å². The highest BCUT2D eigenvalue weighted by atomic mass is 35.5. The van der Waals surface area contributed by atoms with E-state index in [1.165, 1.54) is 31.9 Å². The van der Waals surface area contributed by atoms with Gasteiger partial charge in [-0.25, -0.2) is 4.39 Å². The first kappa shape index (κ1) is 12.2. The van der Waals surface area contributed by atoms with E-state index in [9.17, 15) is 4.39 Å². The van der Waals surface area contributed by atoms with Crippen molar-refractivity contribution in [2.45, 2.75) is 37.8 Å². The first-order chi connectivity index (χ1) is 8.75. The van der Waals surface area contributed by atoms with Crippen molar-refractivity contribution in [3.05, 3.63) is 29.0 Å². The van der Waals surface area contributed by atoms with Crippen molar-refractivity contribution in [1.29, 1.82) is 0 Å². The van der Waals surface area contributed by atoms with E-state index >= 15 is 0 Å². The second-order valence-corrected chi connectivity index (χ2v) is 5.64. The fraction of sp³-hybridized carbons (Fsp3) is 0.571. The molecule has 1 aromatic carbocycles. The molecule has 1 aromatic rings. The van der Waals surface area contributed by atoms with Gasteiger partial charge in [-0.1, -0.05) is 24.1 Å². The molecule has 2 aliphatic heterocycles. The molecule has 2 heterocycles. The lowest BCUT2D eigenvalue weighted by atomic mass is 9.99. The molecule has 0 aliphatic carbocycles. The summed E-state index contributed by atoms with van der Waals surface area (Å²) in [6.07, 6.45) is 4.87. The Morgan fingerprint density at radius 2 is 2.11 bits per heavy atom. The van der Waals surface area contributed by atoms with Crippen LogP contribution in [0.2, 0.25) is 5.02 Å². The molecule has 4 heteroatoms. The first-order valence-electron chi connectivity index (χ1n) is 6.70. The van der Waals surface area contributed by atoms with Crippen molar-refractivity contribution >= 4 is 17.3 Å². The van der Waals surface area contributed by atoms with Gasteiger partial charge in [0.25, 0.3) is 0 Å². The average molecular weight is 269 g/mol. The molecule has 2 saturated heterocycles. The van der Waals surface area contributed by atoms with Crippen molar-refractivity contribution in [2.75, 3.05) is 18.4 Å². The number of nitrogens with one attached hydrogen (secondary N) is 1. The molecule has 2 fully saturated rings. The second kappa shape index (κ2) is 5.06. The molecule has 0 aromatic heterocycles. The number of hydrogen-bond donors (Lipinski definition) is 1. The van der Waals surface area contributed by atoms with Gasteiger partial charge < -0.3 is 5.32 Å². The topological polar surface area (TPSA) is 15.3 Å². The zero-order chi connectivity index (χ0) is 12.5. The lowest BCUT2D eigenvalue weighted by Gasteiger charge is -2.33. The van der Waals surface area contributed by atoms with Crippen LogP contribution in [0.25, 0.3) is 0 Å². The molecule has 2 atom stereocenters. The van der Waals surface area contributed by atoms with E-state index in [2.05, 4.69) is 10.2 Å². The summed E-state index contributed by atoms with van der Waals surface area (Å²) < 4.78 is 13.8. The molecule has 0 radical (unpaired) electrons. The molecule has 2 aliphatic rings. The largest absolute Gasteiger partial charge is 0.377 e. The van der Waals surface area contributed by atoms with Crippen molar-refractivity contribution in [1.82, 2.24) is 4.90 Å². The van der Waals surface area contributed by atoms with Gasteiger partial charge in [-0.2, -0.15) is 0 Å². The molecule has 0 amide bonds. The number of hydrogen-bond acceptors (Lipinski definition) is 2. The van der Waals surface area contributed by atoms with E-state index in [-0.39, 0.29) is 5.82 Å². The molecule has 0 spiro atoms. The zero-order valence-corrected chi connectivity index (χ0v) is 11.1. The van der Waals surface area contributed by atoms with Crippen LogP contribution in [0.1, 0.15) is 25.7 Å². The minimum atomic E-state index is -0.253. The maximum Gasteiger partial charge on any atom is 0.147 e. The quantitative estimate of drug-likeness (QED) is 0.883. The summed E-state index contributed by atoms with van der Waals surface area (Å²) in [7, 11) is 0. The lowest BCUT2D eigenvalue weighted by molar-refractivity contribution is 0.192. The van der Waals surface area contributed by atoms with E-state index in [1.807, 2.05) is 0 Å². The molecule has 98 valence electrons. The van der Waals surface area contributed by atoms with Crippen LogP contribution in [0, 0.1) is 5.82 Å². The summed E-state index contributed by atoms with van der Waals surface area (Å²) in [4.78, 5) is 2.52. The standard InChI is InChI=1S/C14H18ClFN2/c15-10-4-3-5-11(16)14(10)17-12-7-9-18-8-2-1-6-13(12)18/h3-5,12-13,17H,1-2,6-9H2. The highest BCUT2D eigenvalue weighted by Gasteiger charge is 2.35. The molecule has 18 heavy (non-hydrogen) atoms. The Morgan fingerprint density at radius 1 is 1.22 bits per heavy atom. The van der Waals surface area contributed by atoms with Crippen molar-refractivity contribution < 1.29 is 4.39 Å². The zero-order valence-electron chi connectivity index (χ0n) is 10.3. The number of para-hydroxylation sites is 1. The van der Waals surface area contributed by atoms with Crippen LogP contribution in [-0.2, 0) is 0 Å². The van der Waals surface area contributed by atoms with E-state index in [0.29, 0.717) is 22.8 Å². The van der Waals surface area contributed by atoms with E-state index in [0.717, 1.165) is 13.0 Å². The third kappa shape index (κ3) is 2.21.